The van der Waals surface area contributed by atoms with Crippen molar-refractivity contribution in [3.8, 4) is 0 Å². The summed E-state index contributed by atoms with van der Waals surface area (Å²) in [6.07, 6.45) is 2.76. The van der Waals surface area contributed by atoms with Crippen molar-refractivity contribution < 1.29 is 9.59 Å². The van der Waals surface area contributed by atoms with E-state index in [4.69, 9.17) is 0 Å². The molecule has 4 nitrogen and oxygen atoms in total. The summed E-state index contributed by atoms with van der Waals surface area (Å²) in [7, 11) is 0. The number of rotatable bonds is 2. The Kier molecular flexibility index (Phi) is 4.01. The monoisotopic (exact) mass is 298 g/mol. The summed E-state index contributed by atoms with van der Waals surface area (Å²) in [5.74, 6) is 1.22. The van der Waals surface area contributed by atoms with Gasteiger partial charge >= 0.3 is 0 Å². The lowest BCUT2D eigenvalue weighted by Gasteiger charge is -2.34. The maximum absolute atomic E-state index is 12.6. The van der Waals surface area contributed by atoms with Gasteiger partial charge in [-0.1, -0.05) is 24.8 Å². The molecule has 0 spiro atoms. The zero-order valence-electron chi connectivity index (χ0n) is 13.0. The number of likely N-dealkylation sites (tertiary alicyclic amines) is 2. The second kappa shape index (κ2) is 5.95. The largest absolute Gasteiger partial charge is 0.342 e. The Morgan fingerprint density at radius 3 is 2.36 bits per heavy atom. The van der Waals surface area contributed by atoms with Crippen molar-refractivity contribution >= 4 is 17.9 Å². The SMILES string of the molecule is C=Cc1ccc(C(=O)N2CC[C@H]3CN(C(C)=O)C[C@H]3C2)cc1. The number of carbonyl (C=O) groups excluding carboxylic acids is 2. The molecule has 0 bridgehead atoms. The van der Waals surface area contributed by atoms with Crippen molar-refractivity contribution in [2.75, 3.05) is 26.2 Å². The Labute approximate surface area is 131 Å². The van der Waals surface area contributed by atoms with Gasteiger partial charge in [0.25, 0.3) is 5.91 Å². The summed E-state index contributed by atoms with van der Waals surface area (Å²) in [6.45, 7) is 8.55. The quantitative estimate of drug-likeness (QED) is 0.840. The molecule has 116 valence electrons. The molecule has 0 unspecified atom stereocenters. The van der Waals surface area contributed by atoms with Gasteiger partial charge in [-0.25, -0.2) is 0 Å². The van der Waals surface area contributed by atoms with E-state index in [0.29, 0.717) is 11.8 Å². The molecular formula is C18H22N2O2. The molecule has 2 aliphatic rings. The minimum absolute atomic E-state index is 0.0929. The fourth-order valence-electron chi connectivity index (χ4n) is 3.55. The first kappa shape index (κ1) is 14.8. The van der Waals surface area contributed by atoms with Gasteiger partial charge < -0.3 is 9.80 Å². The van der Waals surface area contributed by atoms with Gasteiger partial charge in [0, 0.05) is 38.7 Å². The van der Waals surface area contributed by atoms with Gasteiger partial charge in [-0.2, -0.15) is 0 Å². The van der Waals surface area contributed by atoms with Crippen LogP contribution in [0.5, 0.6) is 0 Å². The normalized spacial score (nSPS) is 24.0. The highest BCUT2D eigenvalue weighted by atomic mass is 16.2. The van der Waals surface area contributed by atoms with Crippen LogP contribution in [0.2, 0.25) is 0 Å². The van der Waals surface area contributed by atoms with Crippen LogP contribution in [-0.2, 0) is 4.79 Å². The third-order valence-electron chi connectivity index (χ3n) is 4.93. The molecule has 0 radical (unpaired) electrons. The third kappa shape index (κ3) is 2.78. The first-order valence-corrected chi connectivity index (χ1v) is 7.85. The van der Waals surface area contributed by atoms with E-state index in [-0.39, 0.29) is 11.8 Å². The van der Waals surface area contributed by atoms with Gasteiger partial charge in [-0.3, -0.25) is 9.59 Å². The van der Waals surface area contributed by atoms with Crippen molar-refractivity contribution in [1.82, 2.24) is 9.80 Å². The van der Waals surface area contributed by atoms with E-state index in [9.17, 15) is 9.59 Å². The van der Waals surface area contributed by atoms with Crippen molar-refractivity contribution in [2.45, 2.75) is 13.3 Å². The molecule has 4 heteroatoms. The van der Waals surface area contributed by atoms with Gasteiger partial charge in [-0.15, -0.1) is 0 Å². The average molecular weight is 298 g/mol. The molecule has 0 aliphatic carbocycles. The van der Waals surface area contributed by atoms with E-state index < -0.39 is 0 Å². The molecule has 1 aromatic rings. The number of nitrogens with zero attached hydrogens (tertiary/aromatic N) is 2. The van der Waals surface area contributed by atoms with Crippen LogP contribution in [0.1, 0.15) is 29.3 Å². The highest BCUT2D eigenvalue weighted by Gasteiger charge is 2.39. The number of carbonyl (C=O) groups is 2. The van der Waals surface area contributed by atoms with Crippen molar-refractivity contribution in [1.29, 1.82) is 0 Å². The lowest BCUT2D eigenvalue weighted by molar-refractivity contribution is -0.128. The van der Waals surface area contributed by atoms with Gasteiger partial charge in [0.15, 0.2) is 0 Å². The molecule has 0 saturated carbocycles. The Bertz CT molecular complexity index is 594. The minimum atomic E-state index is 0.0929. The standard InChI is InChI=1S/C18H22N2O2/c1-3-14-4-6-15(7-5-14)18(22)19-9-8-16-10-20(13(2)21)12-17(16)11-19/h3-7,16-17H,1,8-12H2,2H3/t16-,17+/m0/s1. The fourth-order valence-corrected chi connectivity index (χ4v) is 3.55. The van der Waals surface area contributed by atoms with E-state index in [0.717, 1.165) is 43.7 Å². The Hall–Kier alpha value is -2.10. The maximum atomic E-state index is 12.6. The Balaban J connectivity index is 1.67. The highest BCUT2D eigenvalue weighted by molar-refractivity contribution is 5.94. The van der Waals surface area contributed by atoms with E-state index in [1.807, 2.05) is 34.1 Å². The van der Waals surface area contributed by atoms with Crippen LogP contribution >= 0.6 is 0 Å². The molecule has 2 saturated heterocycles. The van der Waals surface area contributed by atoms with E-state index in [2.05, 4.69) is 6.58 Å². The lowest BCUT2D eigenvalue weighted by Crippen LogP contribution is -2.43. The summed E-state index contributed by atoms with van der Waals surface area (Å²) < 4.78 is 0. The van der Waals surface area contributed by atoms with Crippen molar-refractivity contribution in [2.24, 2.45) is 11.8 Å². The Morgan fingerprint density at radius 2 is 1.73 bits per heavy atom. The fraction of sp³-hybridized carbons (Fsp3) is 0.444. The second-order valence-electron chi connectivity index (χ2n) is 6.31. The number of hydrogen-bond acceptors (Lipinski definition) is 2. The zero-order chi connectivity index (χ0) is 15.7. The van der Waals surface area contributed by atoms with Crippen molar-refractivity contribution in [3.63, 3.8) is 0 Å². The smallest absolute Gasteiger partial charge is 0.253 e. The Morgan fingerprint density at radius 1 is 1.09 bits per heavy atom. The molecule has 2 aliphatic heterocycles. The van der Waals surface area contributed by atoms with Gasteiger partial charge in [0.05, 0.1) is 0 Å². The van der Waals surface area contributed by atoms with E-state index >= 15 is 0 Å². The van der Waals surface area contributed by atoms with Gasteiger partial charge in [0.1, 0.15) is 0 Å². The predicted octanol–water partition coefficient (Wildman–Crippen LogP) is 2.27. The predicted molar refractivity (Wildman–Crippen MR) is 86.3 cm³/mol. The molecule has 3 rings (SSSR count). The number of hydrogen-bond donors (Lipinski definition) is 0. The topological polar surface area (TPSA) is 40.6 Å². The molecule has 0 N–H and O–H groups in total. The summed E-state index contributed by atoms with van der Waals surface area (Å²) in [4.78, 5) is 28.0. The number of fused-ring (bicyclic) bond motifs is 1. The number of amides is 2. The molecule has 1 aromatic carbocycles. The molecule has 2 amide bonds. The maximum Gasteiger partial charge on any atom is 0.253 e. The van der Waals surface area contributed by atoms with Crippen molar-refractivity contribution in [3.05, 3.63) is 42.0 Å². The van der Waals surface area contributed by atoms with E-state index in [1.165, 1.54) is 0 Å². The van der Waals surface area contributed by atoms with Gasteiger partial charge in [-0.05, 0) is 36.0 Å². The minimum Gasteiger partial charge on any atom is -0.342 e. The van der Waals surface area contributed by atoms with Crippen LogP contribution in [0.3, 0.4) is 0 Å². The first-order valence-electron chi connectivity index (χ1n) is 7.85. The van der Waals surface area contributed by atoms with Crippen LogP contribution in [0.15, 0.2) is 30.8 Å². The average Bonchev–Trinajstić information content (AvgIpc) is 2.97. The third-order valence-corrected chi connectivity index (χ3v) is 4.93. The summed E-state index contributed by atoms with van der Waals surface area (Å²) in [5.41, 5.74) is 1.74. The summed E-state index contributed by atoms with van der Waals surface area (Å²) >= 11 is 0. The number of benzene rings is 1. The number of piperidine rings is 1. The molecular weight excluding hydrogens is 276 g/mol. The van der Waals surface area contributed by atoms with Crippen LogP contribution < -0.4 is 0 Å². The molecule has 0 aromatic heterocycles. The van der Waals surface area contributed by atoms with Crippen LogP contribution in [0.4, 0.5) is 0 Å². The summed E-state index contributed by atoms with van der Waals surface area (Å²) in [5, 5.41) is 0. The molecule has 22 heavy (non-hydrogen) atoms. The first-order chi connectivity index (χ1) is 10.6. The zero-order valence-corrected chi connectivity index (χ0v) is 13.0. The van der Waals surface area contributed by atoms with Gasteiger partial charge in [0.2, 0.25) is 5.91 Å². The summed E-state index contributed by atoms with van der Waals surface area (Å²) in [6, 6.07) is 7.56. The highest BCUT2D eigenvalue weighted by Crippen LogP contribution is 2.31. The molecule has 2 fully saturated rings. The van der Waals surface area contributed by atoms with Crippen LogP contribution in [0, 0.1) is 11.8 Å². The lowest BCUT2D eigenvalue weighted by atomic mass is 9.88. The van der Waals surface area contributed by atoms with Crippen LogP contribution in [0.25, 0.3) is 6.08 Å². The molecule has 2 atom stereocenters. The van der Waals surface area contributed by atoms with E-state index in [1.54, 1.807) is 13.0 Å². The molecule has 2 heterocycles. The second-order valence-corrected chi connectivity index (χ2v) is 6.31. The van der Waals surface area contributed by atoms with Crippen LogP contribution in [-0.4, -0.2) is 47.8 Å².